The number of sulfone groups is 1. The summed E-state index contributed by atoms with van der Waals surface area (Å²) in [5.74, 6) is -0.145. The first-order valence-corrected chi connectivity index (χ1v) is 11.3. The molecule has 5 nitrogen and oxygen atoms in total. The highest BCUT2D eigenvalue weighted by atomic mass is 32.2. The van der Waals surface area contributed by atoms with E-state index in [4.69, 9.17) is 0 Å². The molecule has 0 atom stereocenters. The molecule has 0 saturated heterocycles. The van der Waals surface area contributed by atoms with E-state index < -0.39 is 9.84 Å². The predicted octanol–water partition coefficient (Wildman–Crippen LogP) is 4.35. The maximum absolute atomic E-state index is 12.9. The second-order valence-corrected chi connectivity index (χ2v) is 9.23. The first kappa shape index (κ1) is 20.0. The fourth-order valence-electron chi connectivity index (χ4n) is 2.62. The lowest BCUT2D eigenvalue weighted by atomic mass is 10.1. The molecule has 1 amide bonds. The number of hydrogen-bond donors (Lipinski definition) is 0. The Morgan fingerprint density at radius 2 is 1.79 bits per heavy atom. The number of amides is 1. The standard InChI is InChI=1S/C21H20N2O3S2/c1-4-13-23(20(24)17-7-5-15(2)6-8-17)21-22-19(14-27-21)16-9-11-18(12-10-16)28(3,25)26/h4-12,14H,1,13H2,2-3H3. The van der Waals surface area contributed by atoms with Crippen LogP contribution in [0.2, 0.25) is 0 Å². The van der Waals surface area contributed by atoms with Crippen molar-refractivity contribution in [3.05, 3.63) is 77.7 Å². The summed E-state index contributed by atoms with van der Waals surface area (Å²) in [5, 5.41) is 2.41. The van der Waals surface area contributed by atoms with Crippen LogP contribution in [0.3, 0.4) is 0 Å². The molecule has 2 aromatic carbocycles. The molecule has 28 heavy (non-hydrogen) atoms. The topological polar surface area (TPSA) is 67.3 Å². The Labute approximate surface area is 168 Å². The lowest BCUT2D eigenvalue weighted by Crippen LogP contribution is -2.30. The van der Waals surface area contributed by atoms with E-state index >= 15 is 0 Å². The van der Waals surface area contributed by atoms with Crippen molar-refractivity contribution in [2.24, 2.45) is 0 Å². The van der Waals surface area contributed by atoms with Gasteiger partial charge in [-0.05, 0) is 31.2 Å². The van der Waals surface area contributed by atoms with Gasteiger partial charge in [0.15, 0.2) is 15.0 Å². The quantitative estimate of drug-likeness (QED) is 0.565. The Bertz CT molecular complexity index is 1100. The van der Waals surface area contributed by atoms with Gasteiger partial charge in [-0.25, -0.2) is 13.4 Å². The van der Waals surface area contributed by atoms with Gasteiger partial charge in [0, 0.05) is 29.3 Å². The van der Waals surface area contributed by atoms with Crippen molar-refractivity contribution >= 4 is 32.2 Å². The highest BCUT2D eigenvalue weighted by Crippen LogP contribution is 2.29. The Balaban J connectivity index is 1.90. The van der Waals surface area contributed by atoms with Crippen LogP contribution < -0.4 is 4.90 Å². The first-order valence-electron chi connectivity index (χ1n) is 8.55. The molecule has 0 fully saturated rings. The van der Waals surface area contributed by atoms with Gasteiger partial charge < -0.3 is 0 Å². The van der Waals surface area contributed by atoms with E-state index in [0.717, 1.165) is 11.1 Å². The molecule has 1 aromatic heterocycles. The van der Waals surface area contributed by atoms with Crippen LogP contribution in [0, 0.1) is 6.92 Å². The molecule has 0 aliphatic rings. The Kier molecular flexibility index (Phi) is 5.76. The third-order valence-corrected chi connectivity index (χ3v) is 6.15. The van der Waals surface area contributed by atoms with Crippen LogP contribution in [0.1, 0.15) is 15.9 Å². The number of anilines is 1. The molecule has 0 spiro atoms. The summed E-state index contributed by atoms with van der Waals surface area (Å²) in [6.07, 6.45) is 2.83. The van der Waals surface area contributed by atoms with Gasteiger partial charge in [-0.2, -0.15) is 0 Å². The fourth-order valence-corrected chi connectivity index (χ4v) is 4.09. The summed E-state index contributed by atoms with van der Waals surface area (Å²) in [6, 6.07) is 13.9. The lowest BCUT2D eigenvalue weighted by molar-refractivity contribution is 0.0989. The number of thiazole rings is 1. The zero-order chi connectivity index (χ0) is 20.3. The Morgan fingerprint density at radius 3 is 2.36 bits per heavy atom. The number of nitrogens with zero attached hydrogens (tertiary/aromatic N) is 2. The van der Waals surface area contributed by atoms with Gasteiger partial charge in [0.05, 0.1) is 10.6 Å². The summed E-state index contributed by atoms with van der Waals surface area (Å²) in [7, 11) is -3.24. The van der Waals surface area contributed by atoms with Crippen molar-refractivity contribution < 1.29 is 13.2 Å². The minimum absolute atomic E-state index is 0.145. The maximum atomic E-state index is 12.9. The highest BCUT2D eigenvalue weighted by molar-refractivity contribution is 7.90. The molecule has 0 aliphatic heterocycles. The predicted molar refractivity (Wildman–Crippen MR) is 114 cm³/mol. The largest absolute Gasteiger partial charge is 0.280 e. The van der Waals surface area contributed by atoms with Gasteiger partial charge in [-0.15, -0.1) is 17.9 Å². The van der Waals surface area contributed by atoms with Crippen LogP contribution in [0.15, 0.2) is 71.5 Å². The summed E-state index contributed by atoms with van der Waals surface area (Å²) in [4.78, 5) is 19.3. The van der Waals surface area contributed by atoms with E-state index in [1.165, 1.54) is 17.6 Å². The minimum Gasteiger partial charge on any atom is -0.280 e. The molecule has 3 rings (SSSR count). The number of aromatic nitrogens is 1. The van der Waals surface area contributed by atoms with Crippen molar-refractivity contribution in [3.8, 4) is 11.3 Å². The van der Waals surface area contributed by atoms with Crippen molar-refractivity contribution in [1.82, 2.24) is 4.98 Å². The number of benzene rings is 2. The molecule has 0 aliphatic carbocycles. The maximum Gasteiger partial charge on any atom is 0.260 e. The molecule has 3 aromatic rings. The van der Waals surface area contributed by atoms with Crippen LogP contribution in [0.4, 0.5) is 5.13 Å². The molecule has 144 valence electrons. The van der Waals surface area contributed by atoms with E-state index in [0.29, 0.717) is 22.9 Å². The number of hydrogen-bond acceptors (Lipinski definition) is 5. The van der Waals surface area contributed by atoms with Gasteiger partial charge in [0.25, 0.3) is 5.91 Å². The first-order chi connectivity index (χ1) is 13.3. The zero-order valence-corrected chi connectivity index (χ0v) is 17.3. The summed E-state index contributed by atoms with van der Waals surface area (Å²) < 4.78 is 23.2. The van der Waals surface area contributed by atoms with E-state index in [9.17, 15) is 13.2 Å². The van der Waals surface area contributed by atoms with Crippen LogP contribution in [0.25, 0.3) is 11.3 Å². The Hall–Kier alpha value is -2.77. The van der Waals surface area contributed by atoms with Crippen LogP contribution in [-0.4, -0.2) is 32.1 Å². The van der Waals surface area contributed by atoms with Crippen molar-refractivity contribution in [1.29, 1.82) is 0 Å². The van der Waals surface area contributed by atoms with E-state index in [-0.39, 0.29) is 10.8 Å². The number of carbonyl (C=O) groups is 1. The molecule has 0 unspecified atom stereocenters. The SMILES string of the molecule is C=CCN(C(=O)c1ccc(C)cc1)c1nc(-c2ccc(S(C)(=O)=O)cc2)cs1. The van der Waals surface area contributed by atoms with Gasteiger partial charge in [-0.1, -0.05) is 35.9 Å². The molecule has 0 bridgehead atoms. The number of carbonyl (C=O) groups excluding carboxylic acids is 1. The van der Waals surface area contributed by atoms with Crippen molar-refractivity contribution in [2.45, 2.75) is 11.8 Å². The van der Waals surface area contributed by atoms with Gasteiger partial charge in [-0.3, -0.25) is 9.69 Å². The molecule has 1 heterocycles. The van der Waals surface area contributed by atoms with Gasteiger partial charge >= 0.3 is 0 Å². The third kappa shape index (κ3) is 4.37. The van der Waals surface area contributed by atoms with Crippen LogP contribution in [-0.2, 0) is 9.84 Å². The molecular formula is C21H20N2O3S2. The van der Waals surface area contributed by atoms with Gasteiger partial charge in [0.2, 0.25) is 0 Å². The lowest BCUT2D eigenvalue weighted by Gasteiger charge is -2.18. The molecule has 0 radical (unpaired) electrons. The van der Waals surface area contributed by atoms with Crippen LogP contribution >= 0.6 is 11.3 Å². The molecule has 0 saturated carbocycles. The fraction of sp³-hybridized carbons (Fsp3) is 0.143. The normalized spacial score (nSPS) is 11.2. The second kappa shape index (κ2) is 8.08. The van der Waals surface area contributed by atoms with Crippen molar-refractivity contribution in [2.75, 3.05) is 17.7 Å². The van der Waals surface area contributed by atoms with E-state index in [1.54, 1.807) is 47.4 Å². The summed E-state index contributed by atoms with van der Waals surface area (Å²) >= 11 is 1.36. The average Bonchev–Trinajstić information content (AvgIpc) is 3.15. The summed E-state index contributed by atoms with van der Waals surface area (Å²) in [5.41, 5.74) is 3.14. The van der Waals surface area contributed by atoms with Gasteiger partial charge in [0.1, 0.15) is 0 Å². The number of rotatable bonds is 6. The molecular weight excluding hydrogens is 392 g/mol. The third-order valence-electron chi connectivity index (χ3n) is 4.16. The Morgan fingerprint density at radius 1 is 1.14 bits per heavy atom. The second-order valence-electron chi connectivity index (χ2n) is 6.38. The van der Waals surface area contributed by atoms with Crippen molar-refractivity contribution in [3.63, 3.8) is 0 Å². The average molecular weight is 413 g/mol. The molecule has 7 heteroatoms. The smallest absolute Gasteiger partial charge is 0.260 e. The monoisotopic (exact) mass is 412 g/mol. The summed E-state index contributed by atoms with van der Waals surface area (Å²) in [6.45, 7) is 6.05. The molecule has 0 N–H and O–H groups in total. The highest BCUT2D eigenvalue weighted by Gasteiger charge is 2.20. The van der Waals surface area contributed by atoms with E-state index in [2.05, 4.69) is 11.6 Å². The number of aryl methyl sites for hydroxylation is 1. The minimum atomic E-state index is -3.24. The van der Waals surface area contributed by atoms with Crippen LogP contribution in [0.5, 0.6) is 0 Å². The van der Waals surface area contributed by atoms with E-state index in [1.807, 2.05) is 24.4 Å². The zero-order valence-electron chi connectivity index (χ0n) is 15.6.